The third-order valence-corrected chi connectivity index (χ3v) is 5.76. The molecule has 1 aromatic carbocycles. The number of phenols is 1. The molecule has 37 heavy (non-hydrogen) atoms. The molecule has 1 heterocycles. The number of nitrogens with one attached hydrogen (secondary N) is 4. The third-order valence-electron chi connectivity index (χ3n) is 5.76. The number of aliphatic hydroxyl groups is 1. The van der Waals surface area contributed by atoms with Crippen LogP contribution in [0.3, 0.4) is 0 Å². The second-order valence-electron chi connectivity index (χ2n) is 8.67. The van der Waals surface area contributed by atoms with Gasteiger partial charge in [0.05, 0.1) is 12.6 Å². The van der Waals surface area contributed by atoms with E-state index in [0.717, 1.165) is 6.42 Å². The number of phenolic OH excluding ortho intramolecular Hbond substituents is 1. The summed E-state index contributed by atoms with van der Waals surface area (Å²) in [5, 5.41) is 38.5. The maximum absolute atomic E-state index is 13.3. The number of aliphatic imine (C=N–C) groups is 1. The molecule has 0 bridgehead atoms. The predicted octanol–water partition coefficient (Wildman–Crippen LogP) is -2.73. The van der Waals surface area contributed by atoms with Gasteiger partial charge in [-0.2, -0.15) is 0 Å². The van der Waals surface area contributed by atoms with Crippen molar-refractivity contribution in [2.45, 2.75) is 56.3 Å². The predicted molar refractivity (Wildman–Crippen MR) is 133 cm³/mol. The lowest BCUT2D eigenvalue weighted by atomic mass is 10.0. The fourth-order valence-corrected chi connectivity index (χ4v) is 3.76. The molecule has 204 valence electrons. The smallest absolute Gasteiger partial charge is 0.328 e. The van der Waals surface area contributed by atoms with Gasteiger partial charge in [-0.15, -0.1) is 0 Å². The van der Waals surface area contributed by atoms with Crippen molar-refractivity contribution in [1.29, 1.82) is 0 Å². The molecule has 2 rings (SSSR count). The maximum Gasteiger partial charge on any atom is 0.328 e. The van der Waals surface area contributed by atoms with Crippen LogP contribution < -0.4 is 32.7 Å². The average molecular weight is 522 g/mol. The Morgan fingerprint density at radius 1 is 1.03 bits per heavy atom. The molecule has 0 spiro atoms. The number of aromatic hydroxyl groups is 1. The summed E-state index contributed by atoms with van der Waals surface area (Å²) in [5.74, 6) is -3.41. The molecule has 0 aliphatic carbocycles. The number of aliphatic hydroxyl groups excluding tert-OH is 1. The van der Waals surface area contributed by atoms with E-state index in [-0.39, 0.29) is 43.4 Å². The number of amides is 3. The second kappa shape index (κ2) is 14.6. The summed E-state index contributed by atoms with van der Waals surface area (Å²) in [6.07, 6.45) is 1.83. The Morgan fingerprint density at radius 2 is 1.68 bits per heavy atom. The van der Waals surface area contributed by atoms with Gasteiger partial charge in [0.2, 0.25) is 17.7 Å². The number of guanidine groups is 1. The molecule has 3 amide bonds. The summed E-state index contributed by atoms with van der Waals surface area (Å²) in [5.41, 5.74) is 11.3. The topological polar surface area (TPSA) is 241 Å². The summed E-state index contributed by atoms with van der Waals surface area (Å²) in [6, 6.07) is 1.83. The van der Waals surface area contributed by atoms with E-state index < -0.39 is 48.6 Å². The number of carboxylic acids is 1. The van der Waals surface area contributed by atoms with E-state index in [2.05, 4.69) is 26.3 Å². The van der Waals surface area contributed by atoms with Crippen LogP contribution in [-0.2, 0) is 25.6 Å². The first kappa shape index (κ1) is 29.3. The minimum absolute atomic E-state index is 0.0401. The van der Waals surface area contributed by atoms with Crippen molar-refractivity contribution < 1.29 is 34.5 Å². The van der Waals surface area contributed by atoms with Gasteiger partial charge in [0, 0.05) is 13.0 Å². The van der Waals surface area contributed by atoms with Crippen LogP contribution in [0, 0.1) is 0 Å². The van der Waals surface area contributed by atoms with Crippen molar-refractivity contribution in [3.05, 3.63) is 29.8 Å². The number of benzene rings is 1. The van der Waals surface area contributed by atoms with Gasteiger partial charge in [0.1, 0.15) is 23.9 Å². The molecule has 1 saturated heterocycles. The minimum atomic E-state index is -1.56. The zero-order chi connectivity index (χ0) is 27.4. The Balaban J connectivity index is 2.20. The molecule has 4 unspecified atom stereocenters. The number of carboxylic acid groups (broad SMARTS) is 1. The van der Waals surface area contributed by atoms with Crippen LogP contribution >= 0.6 is 0 Å². The lowest BCUT2D eigenvalue weighted by Crippen LogP contribution is -2.57. The molecule has 14 heteroatoms. The van der Waals surface area contributed by atoms with Crippen LogP contribution in [0.5, 0.6) is 5.75 Å². The van der Waals surface area contributed by atoms with Gasteiger partial charge in [-0.1, -0.05) is 12.1 Å². The Morgan fingerprint density at radius 3 is 2.24 bits per heavy atom. The zero-order valence-electron chi connectivity index (χ0n) is 20.4. The van der Waals surface area contributed by atoms with Crippen molar-refractivity contribution >= 4 is 29.7 Å². The molecule has 1 aliphatic rings. The fourth-order valence-electron chi connectivity index (χ4n) is 3.76. The first-order chi connectivity index (χ1) is 17.6. The number of nitrogens with zero attached hydrogens (tertiary/aromatic N) is 1. The molecule has 1 fully saturated rings. The number of carbonyl (C=O) groups excluding carboxylic acids is 3. The summed E-state index contributed by atoms with van der Waals surface area (Å²) >= 11 is 0. The van der Waals surface area contributed by atoms with Gasteiger partial charge < -0.3 is 48.1 Å². The summed E-state index contributed by atoms with van der Waals surface area (Å²) in [4.78, 5) is 54.0. The van der Waals surface area contributed by atoms with Crippen molar-refractivity contribution in [3.63, 3.8) is 0 Å². The number of rotatable bonds is 14. The molecular weight excluding hydrogens is 486 g/mol. The number of nitrogens with two attached hydrogens (primary N) is 2. The Hall–Kier alpha value is -3.91. The Kier molecular flexibility index (Phi) is 11.6. The molecule has 11 N–H and O–H groups in total. The van der Waals surface area contributed by atoms with Gasteiger partial charge in [0.25, 0.3) is 0 Å². The number of aliphatic carboxylic acids is 1. The molecule has 14 nitrogen and oxygen atoms in total. The first-order valence-electron chi connectivity index (χ1n) is 11.9. The quantitative estimate of drug-likeness (QED) is 0.0695. The molecule has 0 radical (unpaired) electrons. The third kappa shape index (κ3) is 9.93. The molecular formula is C23H35N7O7. The number of carbonyl (C=O) groups is 4. The van der Waals surface area contributed by atoms with Crippen LogP contribution in [0.1, 0.15) is 31.2 Å². The molecule has 1 aromatic rings. The number of hydrogen-bond acceptors (Lipinski definition) is 8. The van der Waals surface area contributed by atoms with Crippen molar-refractivity contribution in [2.24, 2.45) is 16.5 Å². The van der Waals surface area contributed by atoms with E-state index in [9.17, 15) is 29.4 Å². The monoisotopic (exact) mass is 521 g/mol. The second-order valence-corrected chi connectivity index (χ2v) is 8.67. The zero-order valence-corrected chi connectivity index (χ0v) is 20.4. The van der Waals surface area contributed by atoms with Gasteiger partial charge in [-0.3, -0.25) is 19.4 Å². The molecule has 1 aliphatic heterocycles. The Labute approximate surface area is 213 Å². The largest absolute Gasteiger partial charge is 0.508 e. The number of hydrogen-bond donors (Lipinski definition) is 9. The van der Waals surface area contributed by atoms with Crippen molar-refractivity contribution in [2.75, 3.05) is 19.7 Å². The highest BCUT2D eigenvalue weighted by Crippen LogP contribution is 2.13. The van der Waals surface area contributed by atoms with Crippen LogP contribution in [0.25, 0.3) is 0 Å². The van der Waals surface area contributed by atoms with E-state index in [0.29, 0.717) is 18.5 Å². The van der Waals surface area contributed by atoms with E-state index in [1.54, 1.807) is 12.1 Å². The molecule has 0 aromatic heterocycles. The van der Waals surface area contributed by atoms with Gasteiger partial charge in [0.15, 0.2) is 5.96 Å². The Bertz CT molecular complexity index is 961. The molecule has 0 saturated carbocycles. The summed E-state index contributed by atoms with van der Waals surface area (Å²) < 4.78 is 0. The van der Waals surface area contributed by atoms with E-state index in [4.69, 9.17) is 16.6 Å². The fraction of sp³-hybridized carbons (Fsp3) is 0.522. The van der Waals surface area contributed by atoms with E-state index in [1.807, 2.05) is 0 Å². The minimum Gasteiger partial charge on any atom is -0.508 e. The average Bonchev–Trinajstić information content (AvgIpc) is 3.40. The van der Waals surface area contributed by atoms with Crippen molar-refractivity contribution in [1.82, 2.24) is 21.3 Å². The standard InChI is InChI=1S/C23H35N7O7/c24-23(25)27-10-2-4-16(20(34)30-18(12-31)22(36)37)28-21(35)17(11-13-5-7-14(32)8-6-13)29-19(33)15-3-1-9-26-15/h5-8,15-18,26,31-32H,1-4,9-12H2,(H,28,35)(H,29,33)(H,30,34)(H,36,37)(H4,24,25,27). The van der Waals surface area contributed by atoms with Crippen LogP contribution in [0.4, 0.5) is 0 Å². The highest BCUT2D eigenvalue weighted by molar-refractivity contribution is 5.94. The SMILES string of the molecule is NC(N)=NCCCC(NC(=O)C(Cc1ccc(O)cc1)NC(=O)C1CCCN1)C(=O)NC(CO)C(=O)O. The van der Waals surface area contributed by atoms with Crippen LogP contribution in [0.2, 0.25) is 0 Å². The highest BCUT2D eigenvalue weighted by Gasteiger charge is 2.31. The normalized spacial score (nSPS) is 17.2. The highest BCUT2D eigenvalue weighted by atomic mass is 16.4. The van der Waals surface area contributed by atoms with Crippen LogP contribution in [0.15, 0.2) is 29.3 Å². The van der Waals surface area contributed by atoms with Gasteiger partial charge >= 0.3 is 5.97 Å². The van der Waals surface area contributed by atoms with Crippen molar-refractivity contribution in [3.8, 4) is 5.75 Å². The summed E-state index contributed by atoms with van der Waals surface area (Å²) in [6.45, 7) is -0.00438. The molecule has 4 atom stereocenters. The van der Waals surface area contributed by atoms with Crippen LogP contribution in [-0.4, -0.2) is 88.8 Å². The maximum atomic E-state index is 13.3. The van der Waals surface area contributed by atoms with Gasteiger partial charge in [-0.05, 0) is 49.9 Å². The first-order valence-corrected chi connectivity index (χ1v) is 11.9. The lowest BCUT2D eigenvalue weighted by molar-refractivity contribution is -0.143. The van der Waals surface area contributed by atoms with E-state index >= 15 is 0 Å². The lowest BCUT2D eigenvalue weighted by Gasteiger charge is -2.25. The van der Waals surface area contributed by atoms with E-state index in [1.165, 1.54) is 12.1 Å². The summed E-state index contributed by atoms with van der Waals surface area (Å²) in [7, 11) is 0. The van der Waals surface area contributed by atoms with Gasteiger partial charge in [-0.25, -0.2) is 4.79 Å².